The molecule has 6 nitrogen and oxygen atoms in total. The maximum atomic E-state index is 11.5. The van der Waals surface area contributed by atoms with Gasteiger partial charge in [-0.15, -0.1) is 0 Å². The van der Waals surface area contributed by atoms with Gasteiger partial charge < -0.3 is 10.1 Å². The molecular formula is C16H21N3O3S. The molecule has 2 aromatic rings. The van der Waals surface area contributed by atoms with Gasteiger partial charge in [-0.1, -0.05) is 12.1 Å². The predicted octanol–water partition coefficient (Wildman–Crippen LogP) is 2.51. The maximum absolute atomic E-state index is 11.5. The summed E-state index contributed by atoms with van der Waals surface area (Å²) < 4.78 is 30.4. The van der Waals surface area contributed by atoms with Crippen molar-refractivity contribution in [2.75, 3.05) is 29.4 Å². The van der Waals surface area contributed by atoms with Crippen LogP contribution < -0.4 is 14.8 Å². The molecule has 0 fully saturated rings. The molecule has 2 N–H and O–H groups in total. The Morgan fingerprint density at radius 2 is 1.87 bits per heavy atom. The zero-order valence-electron chi connectivity index (χ0n) is 13.2. The van der Waals surface area contributed by atoms with E-state index in [4.69, 9.17) is 4.74 Å². The van der Waals surface area contributed by atoms with Gasteiger partial charge in [-0.3, -0.25) is 4.72 Å². The Kier molecular flexibility index (Phi) is 5.81. The van der Waals surface area contributed by atoms with E-state index in [2.05, 4.69) is 15.0 Å². The Hall–Kier alpha value is -2.28. The number of sulfonamides is 1. The number of nitrogens with one attached hydrogen (secondary N) is 2. The summed E-state index contributed by atoms with van der Waals surface area (Å²) in [5.41, 5.74) is 2.05. The Morgan fingerprint density at radius 3 is 2.43 bits per heavy atom. The Bertz CT molecular complexity index is 713. The molecule has 0 aliphatic rings. The lowest BCUT2D eigenvalue weighted by atomic mass is 10.1. The van der Waals surface area contributed by atoms with Gasteiger partial charge in [-0.2, -0.15) is 0 Å². The van der Waals surface area contributed by atoms with Crippen LogP contribution in [0.25, 0.3) is 0 Å². The second kappa shape index (κ2) is 7.82. The van der Waals surface area contributed by atoms with Crippen LogP contribution in [0.1, 0.15) is 12.5 Å². The molecule has 124 valence electrons. The van der Waals surface area contributed by atoms with Crippen molar-refractivity contribution in [3.63, 3.8) is 0 Å². The first-order chi connectivity index (χ1) is 11.0. The molecule has 0 saturated carbocycles. The Morgan fingerprint density at radius 1 is 1.13 bits per heavy atom. The molecule has 1 aromatic heterocycles. The van der Waals surface area contributed by atoms with E-state index in [1.54, 1.807) is 32.4 Å². The maximum Gasteiger partial charge on any atom is 0.233 e. The number of hydrogen-bond donors (Lipinski definition) is 2. The molecule has 23 heavy (non-hydrogen) atoms. The third-order valence-electron chi connectivity index (χ3n) is 3.31. The van der Waals surface area contributed by atoms with Gasteiger partial charge in [0.05, 0.1) is 24.7 Å². The van der Waals surface area contributed by atoms with Crippen LogP contribution in [0.15, 0.2) is 42.6 Å². The molecule has 0 unspecified atom stereocenters. The molecule has 1 aromatic carbocycles. The summed E-state index contributed by atoms with van der Waals surface area (Å²) in [7, 11) is -1.64. The van der Waals surface area contributed by atoms with E-state index in [1.165, 1.54) is 5.56 Å². The highest BCUT2D eigenvalue weighted by molar-refractivity contribution is 7.92. The van der Waals surface area contributed by atoms with Crippen molar-refractivity contribution >= 4 is 21.5 Å². The first kappa shape index (κ1) is 17.1. The summed E-state index contributed by atoms with van der Waals surface area (Å²) in [4.78, 5) is 4.09. The van der Waals surface area contributed by atoms with Gasteiger partial charge in [0.25, 0.3) is 0 Å². The third kappa shape index (κ3) is 5.45. The van der Waals surface area contributed by atoms with Crippen molar-refractivity contribution in [2.45, 2.75) is 13.3 Å². The number of hydrogen-bond acceptors (Lipinski definition) is 5. The van der Waals surface area contributed by atoms with Gasteiger partial charge in [0.2, 0.25) is 10.0 Å². The number of benzene rings is 1. The van der Waals surface area contributed by atoms with E-state index in [0.29, 0.717) is 5.82 Å². The van der Waals surface area contributed by atoms with Crippen molar-refractivity contribution in [3.05, 3.63) is 48.2 Å². The van der Waals surface area contributed by atoms with Crippen LogP contribution in [0.2, 0.25) is 0 Å². The molecule has 0 spiro atoms. The number of anilines is 2. The molecule has 0 aliphatic carbocycles. The van der Waals surface area contributed by atoms with Crippen LogP contribution in [-0.2, 0) is 16.4 Å². The molecule has 0 amide bonds. The third-order valence-corrected chi connectivity index (χ3v) is 4.59. The number of rotatable bonds is 8. The van der Waals surface area contributed by atoms with E-state index in [0.717, 1.165) is 24.4 Å². The van der Waals surface area contributed by atoms with Crippen molar-refractivity contribution in [1.82, 2.24) is 4.98 Å². The molecule has 0 bridgehead atoms. The fourth-order valence-electron chi connectivity index (χ4n) is 1.93. The Balaban J connectivity index is 1.84. The quantitative estimate of drug-likeness (QED) is 0.775. The largest absolute Gasteiger partial charge is 0.497 e. The molecule has 1 heterocycles. The first-order valence-corrected chi connectivity index (χ1v) is 9.01. The average Bonchev–Trinajstić information content (AvgIpc) is 2.57. The molecule has 0 radical (unpaired) electrons. The normalized spacial score (nSPS) is 11.0. The highest BCUT2D eigenvalue weighted by Gasteiger charge is 2.07. The lowest BCUT2D eigenvalue weighted by Crippen LogP contribution is -2.15. The lowest BCUT2D eigenvalue weighted by Gasteiger charge is -2.08. The highest BCUT2D eigenvalue weighted by atomic mass is 32.2. The second-order valence-electron chi connectivity index (χ2n) is 4.96. The molecule has 7 heteroatoms. The first-order valence-electron chi connectivity index (χ1n) is 7.36. The molecular weight excluding hydrogens is 314 g/mol. The minimum Gasteiger partial charge on any atom is -0.497 e. The van der Waals surface area contributed by atoms with E-state index in [-0.39, 0.29) is 5.75 Å². The fraction of sp³-hybridized carbons (Fsp3) is 0.312. The van der Waals surface area contributed by atoms with Crippen LogP contribution >= 0.6 is 0 Å². The van der Waals surface area contributed by atoms with Gasteiger partial charge >= 0.3 is 0 Å². The smallest absolute Gasteiger partial charge is 0.233 e. The van der Waals surface area contributed by atoms with Crippen LogP contribution in [0, 0.1) is 0 Å². The number of ether oxygens (including phenoxy) is 1. The zero-order chi connectivity index (χ0) is 16.7. The molecule has 0 atom stereocenters. The summed E-state index contributed by atoms with van der Waals surface area (Å²) in [6.45, 7) is 2.34. The second-order valence-corrected chi connectivity index (χ2v) is 6.97. The van der Waals surface area contributed by atoms with E-state index < -0.39 is 10.0 Å². The number of methoxy groups -OCH3 is 1. The van der Waals surface area contributed by atoms with Crippen molar-refractivity contribution in [3.8, 4) is 5.75 Å². The minimum absolute atomic E-state index is 0.0243. The van der Waals surface area contributed by atoms with Crippen LogP contribution in [0.5, 0.6) is 5.75 Å². The lowest BCUT2D eigenvalue weighted by molar-refractivity contribution is 0.414. The number of aromatic nitrogens is 1. The van der Waals surface area contributed by atoms with E-state index >= 15 is 0 Å². The summed E-state index contributed by atoms with van der Waals surface area (Å²) in [6, 6.07) is 11.4. The summed E-state index contributed by atoms with van der Waals surface area (Å²) in [6.07, 6.45) is 2.48. The van der Waals surface area contributed by atoms with E-state index in [1.807, 2.05) is 24.3 Å². The number of nitrogens with zero attached hydrogens (tertiary/aromatic N) is 1. The fourth-order valence-corrected chi connectivity index (χ4v) is 2.52. The van der Waals surface area contributed by atoms with Gasteiger partial charge in [-0.25, -0.2) is 13.4 Å². The SMILES string of the molecule is CCS(=O)(=O)Nc1ccc(NCCc2ccc(OC)cc2)cn1. The van der Waals surface area contributed by atoms with Gasteiger partial charge in [0.15, 0.2) is 0 Å². The summed E-state index contributed by atoms with van der Waals surface area (Å²) >= 11 is 0. The van der Waals surface area contributed by atoms with Gasteiger partial charge in [-0.05, 0) is 43.2 Å². The van der Waals surface area contributed by atoms with Crippen molar-refractivity contribution in [2.24, 2.45) is 0 Å². The monoisotopic (exact) mass is 335 g/mol. The van der Waals surface area contributed by atoms with E-state index in [9.17, 15) is 8.42 Å². The van der Waals surface area contributed by atoms with Gasteiger partial charge in [0, 0.05) is 6.54 Å². The van der Waals surface area contributed by atoms with Crippen LogP contribution in [-0.4, -0.2) is 32.8 Å². The molecule has 0 saturated heterocycles. The number of pyridine rings is 1. The van der Waals surface area contributed by atoms with Crippen LogP contribution in [0.4, 0.5) is 11.5 Å². The topological polar surface area (TPSA) is 80.3 Å². The zero-order valence-corrected chi connectivity index (χ0v) is 14.1. The van der Waals surface area contributed by atoms with Crippen LogP contribution in [0.3, 0.4) is 0 Å². The summed E-state index contributed by atoms with van der Waals surface area (Å²) in [5, 5.41) is 3.25. The Labute approximate surface area is 137 Å². The molecule has 2 rings (SSSR count). The van der Waals surface area contributed by atoms with Gasteiger partial charge in [0.1, 0.15) is 11.6 Å². The van der Waals surface area contributed by atoms with Crippen molar-refractivity contribution in [1.29, 1.82) is 0 Å². The highest BCUT2D eigenvalue weighted by Crippen LogP contribution is 2.13. The summed E-state index contributed by atoms with van der Waals surface area (Å²) in [5.74, 6) is 1.19. The average molecular weight is 335 g/mol. The predicted molar refractivity (Wildman–Crippen MR) is 92.5 cm³/mol. The minimum atomic E-state index is -3.29. The standard InChI is InChI=1S/C16H21N3O3S/c1-3-23(20,21)19-16-9-6-14(12-18-16)17-11-10-13-4-7-15(22-2)8-5-13/h4-9,12,17H,3,10-11H2,1-2H3,(H,18,19). The molecule has 0 aliphatic heterocycles. The van der Waals surface area contributed by atoms with Crippen molar-refractivity contribution < 1.29 is 13.2 Å².